The van der Waals surface area contributed by atoms with Gasteiger partial charge in [0.05, 0.1) is 18.2 Å². The predicted octanol–water partition coefficient (Wildman–Crippen LogP) is 4.89. The number of rotatable bonds is 3. The summed E-state index contributed by atoms with van der Waals surface area (Å²) in [5, 5.41) is 0.885. The summed E-state index contributed by atoms with van der Waals surface area (Å²) in [5.74, 6) is -0.551. The van der Waals surface area contributed by atoms with Crippen LogP contribution in [0.3, 0.4) is 0 Å². The minimum absolute atomic E-state index is 0.205. The Morgan fingerprint density at radius 3 is 2.58 bits per heavy atom. The van der Waals surface area contributed by atoms with E-state index in [0.717, 1.165) is 12.1 Å². The van der Waals surface area contributed by atoms with Gasteiger partial charge >= 0.3 is 12.1 Å². The van der Waals surface area contributed by atoms with Gasteiger partial charge < -0.3 is 9.47 Å². The fourth-order valence-corrected chi connectivity index (χ4v) is 3.42. The van der Waals surface area contributed by atoms with Gasteiger partial charge in [-0.25, -0.2) is 18.6 Å². The molecule has 1 amide bonds. The average Bonchev–Trinajstić information content (AvgIpc) is 2.53. The molecule has 0 saturated heterocycles. The Kier molecular flexibility index (Phi) is 6.85. The van der Waals surface area contributed by atoms with E-state index in [1.807, 2.05) is 0 Å². The smallest absolute Gasteiger partial charge is 0.425 e. The first-order valence-corrected chi connectivity index (χ1v) is 9.43. The number of carbonyl (C=O) groups is 2. The third-order valence-electron chi connectivity index (χ3n) is 3.19. The molecular formula is C17H20Cl2N2O4S. The maximum atomic E-state index is 12.4. The Labute approximate surface area is 167 Å². The Bertz CT molecular complexity index is 734. The Hall–Kier alpha value is -1.41. The van der Waals surface area contributed by atoms with Crippen LogP contribution >= 0.6 is 35.3 Å². The number of amides is 1. The van der Waals surface area contributed by atoms with Crippen LogP contribution in [0, 0.1) is 0 Å². The van der Waals surface area contributed by atoms with Crippen molar-refractivity contribution in [3.8, 4) is 0 Å². The van der Waals surface area contributed by atoms with E-state index in [2.05, 4.69) is 4.72 Å². The number of carbonyl (C=O) groups excluding carboxylic acids is 2. The Morgan fingerprint density at radius 1 is 1.31 bits per heavy atom. The molecule has 142 valence electrons. The number of esters is 1. The van der Waals surface area contributed by atoms with Crippen molar-refractivity contribution in [1.82, 2.24) is 9.03 Å². The van der Waals surface area contributed by atoms with Crippen LogP contribution < -0.4 is 4.72 Å². The second-order valence-electron chi connectivity index (χ2n) is 6.42. The monoisotopic (exact) mass is 418 g/mol. The number of halogens is 2. The normalized spacial score (nSPS) is 17.5. The zero-order valence-corrected chi connectivity index (χ0v) is 17.2. The SMILES string of the molecule is CCOC(=O)C1=CN(C(=O)OC(C)(C)C)SNC1c1ccc(Cl)cc1Cl. The van der Waals surface area contributed by atoms with Gasteiger partial charge in [0.2, 0.25) is 0 Å². The van der Waals surface area contributed by atoms with Crippen LogP contribution in [0.15, 0.2) is 30.0 Å². The molecule has 1 aliphatic rings. The molecule has 6 nitrogen and oxygen atoms in total. The second kappa shape index (κ2) is 8.52. The van der Waals surface area contributed by atoms with Gasteiger partial charge in [0, 0.05) is 28.4 Å². The molecule has 1 aromatic rings. The van der Waals surface area contributed by atoms with E-state index in [4.69, 9.17) is 32.7 Å². The first kappa shape index (κ1) is 20.9. The third-order valence-corrected chi connectivity index (χ3v) is 4.55. The van der Waals surface area contributed by atoms with Gasteiger partial charge in [-0.05, 0) is 45.4 Å². The molecule has 1 unspecified atom stereocenters. The van der Waals surface area contributed by atoms with E-state index in [-0.39, 0.29) is 12.2 Å². The Balaban J connectivity index is 2.37. The fourth-order valence-electron chi connectivity index (χ4n) is 2.15. The zero-order valence-electron chi connectivity index (χ0n) is 14.8. The van der Waals surface area contributed by atoms with Crippen LogP contribution in [0.5, 0.6) is 0 Å². The molecule has 2 rings (SSSR count). The van der Waals surface area contributed by atoms with Gasteiger partial charge in [-0.1, -0.05) is 29.3 Å². The standard InChI is InChI=1S/C17H20Cl2N2O4S/c1-5-24-15(22)12-9-21(16(23)25-17(2,3)4)26-20-14(12)11-7-6-10(18)8-13(11)19/h6-9,14,20H,5H2,1-4H3. The Morgan fingerprint density at radius 2 is 2.00 bits per heavy atom. The van der Waals surface area contributed by atoms with Gasteiger partial charge in [-0.3, -0.25) is 0 Å². The summed E-state index contributed by atoms with van der Waals surface area (Å²) in [4.78, 5) is 24.7. The predicted molar refractivity (Wildman–Crippen MR) is 103 cm³/mol. The van der Waals surface area contributed by atoms with Crippen molar-refractivity contribution in [3.63, 3.8) is 0 Å². The van der Waals surface area contributed by atoms with Crippen LogP contribution in [0.4, 0.5) is 4.79 Å². The molecule has 1 aromatic carbocycles. The fraction of sp³-hybridized carbons (Fsp3) is 0.412. The molecule has 0 aliphatic carbocycles. The van der Waals surface area contributed by atoms with Crippen molar-refractivity contribution in [1.29, 1.82) is 0 Å². The highest BCUT2D eigenvalue weighted by molar-refractivity contribution is 7.95. The number of nitrogens with one attached hydrogen (secondary N) is 1. The lowest BCUT2D eigenvalue weighted by Gasteiger charge is -2.31. The van der Waals surface area contributed by atoms with Gasteiger partial charge in [0.25, 0.3) is 0 Å². The van der Waals surface area contributed by atoms with E-state index in [1.54, 1.807) is 45.9 Å². The summed E-state index contributed by atoms with van der Waals surface area (Å²) in [6.07, 6.45) is 0.806. The molecule has 0 radical (unpaired) electrons. The molecule has 0 fully saturated rings. The van der Waals surface area contributed by atoms with Crippen molar-refractivity contribution >= 4 is 47.4 Å². The lowest BCUT2D eigenvalue weighted by molar-refractivity contribution is -0.138. The molecule has 9 heteroatoms. The number of hydrogen-bond acceptors (Lipinski definition) is 6. The number of hydrogen-bond donors (Lipinski definition) is 1. The highest BCUT2D eigenvalue weighted by atomic mass is 35.5. The molecule has 0 saturated carbocycles. The zero-order chi connectivity index (χ0) is 19.5. The van der Waals surface area contributed by atoms with Crippen LogP contribution in [-0.4, -0.2) is 28.6 Å². The van der Waals surface area contributed by atoms with E-state index in [1.165, 1.54) is 10.5 Å². The summed E-state index contributed by atoms with van der Waals surface area (Å²) in [6.45, 7) is 7.20. The van der Waals surface area contributed by atoms with Crippen molar-refractivity contribution in [2.45, 2.75) is 39.3 Å². The number of nitrogens with zero attached hydrogens (tertiary/aromatic N) is 1. The maximum absolute atomic E-state index is 12.4. The summed E-state index contributed by atoms with van der Waals surface area (Å²) in [7, 11) is 0. The van der Waals surface area contributed by atoms with Crippen molar-refractivity contribution in [2.24, 2.45) is 0 Å². The first-order valence-electron chi connectivity index (χ1n) is 7.91. The van der Waals surface area contributed by atoms with Gasteiger partial charge in [0.1, 0.15) is 5.60 Å². The summed E-state index contributed by atoms with van der Waals surface area (Å²) in [5.41, 5.74) is 0.221. The molecule has 1 heterocycles. The largest absolute Gasteiger partial charge is 0.463 e. The number of benzene rings is 1. The van der Waals surface area contributed by atoms with Crippen LogP contribution in [0.1, 0.15) is 39.3 Å². The molecule has 1 N–H and O–H groups in total. The maximum Gasteiger partial charge on any atom is 0.425 e. The van der Waals surface area contributed by atoms with Crippen molar-refractivity contribution < 1.29 is 19.1 Å². The average molecular weight is 419 g/mol. The van der Waals surface area contributed by atoms with Gasteiger partial charge in [-0.15, -0.1) is 0 Å². The van der Waals surface area contributed by atoms with Crippen LogP contribution in [0.25, 0.3) is 0 Å². The molecule has 0 aromatic heterocycles. The second-order valence-corrected chi connectivity index (χ2v) is 8.07. The topological polar surface area (TPSA) is 67.9 Å². The number of ether oxygens (including phenoxy) is 2. The lowest BCUT2D eigenvalue weighted by atomic mass is 10.00. The lowest BCUT2D eigenvalue weighted by Crippen LogP contribution is -2.37. The van der Waals surface area contributed by atoms with Crippen LogP contribution in [0.2, 0.25) is 10.0 Å². The molecule has 1 aliphatic heterocycles. The first-order chi connectivity index (χ1) is 12.1. The van der Waals surface area contributed by atoms with E-state index in [9.17, 15) is 9.59 Å². The highest BCUT2D eigenvalue weighted by Gasteiger charge is 2.34. The molecule has 0 spiro atoms. The minimum Gasteiger partial charge on any atom is -0.463 e. The summed E-state index contributed by atoms with van der Waals surface area (Å²) < 4.78 is 14.7. The quantitative estimate of drug-likeness (QED) is 0.556. The van der Waals surface area contributed by atoms with E-state index >= 15 is 0 Å². The van der Waals surface area contributed by atoms with E-state index in [0.29, 0.717) is 15.6 Å². The van der Waals surface area contributed by atoms with Crippen molar-refractivity contribution in [3.05, 3.63) is 45.6 Å². The minimum atomic E-state index is -0.661. The van der Waals surface area contributed by atoms with Gasteiger partial charge in [-0.2, -0.15) is 0 Å². The van der Waals surface area contributed by atoms with Crippen molar-refractivity contribution in [2.75, 3.05) is 6.61 Å². The third kappa shape index (κ3) is 5.30. The molecule has 26 heavy (non-hydrogen) atoms. The highest BCUT2D eigenvalue weighted by Crippen LogP contribution is 2.36. The summed E-state index contributed by atoms with van der Waals surface area (Å²) in [6, 6.07) is 4.42. The summed E-state index contributed by atoms with van der Waals surface area (Å²) >= 11 is 13.2. The van der Waals surface area contributed by atoms with Gasteiger partial charge in [0.15, 0.2) is 0 Å². The van der Waals surface area contributed by atoms with Crippen LogP contribution in [-0.2, 0) is 14.3 Å². The molecular weight excluding hydrogens is 399 g/mol. The molecule has 0 bridgehead atoms. The van der Waals surface area contributed by atoms with E-state index < -0.39 is 23.7 Å². The molecule has 1 atom stereocenters.